The van der Waals surface area contributed by atoms with Crippen LogP contribution in [0.2, 0.25) is 0 Å². The number of hydrogen-bond donors (Lipinski definition) is 1. The predicted molar refractivity (Wildman–Crippen MR) is 81.3 cm³/mol. The first kappa shape index (κ1) is 19.7. The van der Waals surface area contributed by atoms with Gasteiger partial charge in [-0.05, 0) is 37.6 Å². The van der Waals surface area contributed by atoms with Crippen molar-refractivity contribution in [3.05, 3.63) is 35.1 Å². The average molecular weight is 355 g/mol. The van der Waals surface area contributed by atoms with Crippen LogP contribution in [-0.4, -0.2) is 36.5 Å². The Balaban J connectivity index is 0.00000264. The third-order valence-electron chi connectivity index (χ3n) is 3.72. The van der Waals surface area contributed by atoms with Gasteiger partial charge in [-0.3, -0.25) is 4.79 Å². The maximum atomic E-state index is 13.3. The van der Waals surface area contributed by atoms with Crippen LogP contribution < -0.4 is 5.32 Å². The SMILES string of the molecule is CCCN(C(=O)c1ccc(F)c(C(F)(F)F)c1)C1CCNC1.Cl. The third kappa shape index (κ3) is 4.57. The molecule has 23 heavy (non-hydrogen) atoms. The van der Waals surface area contributed by atoms with Gasteiger partial charge in [-0.2, -0.15) is 13.2 Å². The summed E-state index contributed by atoms with van der Waals surface area (Å²) in [5.74, 6) is -1.85. The number of halogens is 5. The van der Waals surface area contributed by atoms with Crippen molar-refractivity contribution in [1.82, 2.24) is 10.2 Å². The summed E-state index contributed by atoms with van der Waals surface area (Å²) in [4.78, 5) is 14.1. The monoisotopic (exact) mass is 354 g/mol. The van der Waals surface area contributed by atoms with Crippen LogP contribution in [-0.2, 0) is 6.18 Å². The smallest absolute Gasteiger partial charge is 0.334 e. The molecule has 1 saturated heterocycles. The Hall–Kier alpha value is -1.34. The van der Waals surface area contributed by atoms with E-state index in [4.69, 9.17) is 0 Å². The van der Waals surface area contributed by atoms with Crippen molar-refractivity contribution in [2.75, 3.05) is 19.6 Å². The molecule has 1 aromatic rings. The molecule has 0 saturated carbocycles. The first-order valence-corrected chi connectivity index (χ1v) is 7.23. The maximum absolute atomic E-state index is 13.3. The molecule has 3 nitrogen and oxygen atoms in total. The Kier molecular flexibility index (Phi) is 6.83. The van der Waals surface area contributed by atoms with Gasteiger partial charge < -0.3 is 10.2 Å². The van der Waals surface area contributed by atoms with Gasteiger partial charge in [0, 0.05) is 24.7 Å². The minimum Gasteiger partial charge on any atom is -0.334 e. The van der Waals surface area contributed by atoms with Gasteiger partial charge in [-0.25, -0.2) is 4.39 Å². The molecule has 1 heterocycles. The average Bonchev–Trinajstić information content (AvgIpc) is 2.97. The van der Waals surface area contributed by atoms with Crippen LogP contribution in [0.4, 0.5) is 17.6 Å². The highest BCUT2D eigenvalue weighted by Gasteiger charge is 2.35. The van der Waals surface area contributed by atoms with E-state index in [1.165, 1.54) is 0 Å². The Bertz CT molecular complexity index is 545. The summed E-state index contributed by atoms with van der Waals surface area (Å²) >= 11 is 0. The maximum Gasteiger partial charge on any atom is 0.419 e. The minimum atomic E-state index is -4.81. The molecule has 1 atom stereocenters. The fraction of sp³-hybridized carbons (Fsp3) is 0.533. The molecule has 1 aliphatic rings. The van der Waals surface area contributed by atoms with Crippen LogP contribution in [0, 0.1) is 5.82 Å². The van der Waals surface area contributed by atoms with Crippen LogP contribution in [0.5, 0.6) is 0 Å². The zero-order valence-corrected chi connectivity index (χ0v) is 13.4. The molecule has 0 radical (unpaired) electrons. The van der Waals surface area contributed by atoms with Crippen molar-refractivity contribution >= 4 is 18.3 Å². The topological polar surface area (TPSA) is 32.3 Å². The van der Waals surface area contributed by atoms with E-state index in [2.05, 4.69) is 5.32 Å². The summed E-state index contributed by atoms with van der Waals surface area (Å²) in [6, 6.07) is 2.38. The molecule has 0 bridgehead atoms. The third-order valence-corrected chi connectivity index (χ3v) is 3.72. The van der Waals surface area contributed by atoms with Gasteiger partial charge in [0.15, 0.2) is 0 Å². The Morgan fingerprint density at radius 2 is 2.09 bits per heavy atom. The summed E-state index contributed by atoms with van der Waals surface area (Å²) in [5.41, 5.74) is -1.53. The predicted octanol–water partition coefficient (Wildman–Crippen LogP) is 3.48. The summed E-state index contributed by atoms with van der Waals surface area (Å²) in [6.07, 6.45) is -3.35. The molecular weight excluding hydrogens is 336 g/mol. The van der Waals surface area contributed by atoms with Gasteiger partial charge >= 0.3 is 6.18 Å². The fourth-order valence-electron chi connectivity index (χ4n) is 2.64. The summed E-state index contributed by atoms with van der Waals surface area (Å²) < 4.78 is 51.6. The van der Waals surface area contributed by atoms with Crippen molar-refractivity contribution in [3.63, 3.8) is 0 Å². The second kappa shape index (κ2) is 7.97. The lowest BCUT2D eigenvalue weighted by molar-refractivity contribution is -0.140. The Morgan fingerprint density at radius 3 is 2.61 bits per heavy atom. The van der Waals surface area contributed by atoms with Gasteiger partial charge in [-0.1, -0.05) is 6.92 Å². The quantitative estimate of drug-likeness (QED) is 0.840. The van der Waals surface area contributed by atoms with Gasteiger partial charge in [0.25, 0.3) is 5.91 Å². The number of alkyl halides is 3. The Labute approximate surface area is 138 Å². The van der Waals surface area contributed by atoms with Crippen LogP contribution in [0.15, 0.2) is 18.2 Å². The molecule has 1 aromatic carbocycles. The second-order valence-corrected chi connectivity index (χ2v) is 5.34. The molecule has 1 aliphatic heterocycles. The molecule has 8 heteroatoms. The highest BCUT2D eigenvalue weighted by Crippen LogP contribution is 2.32. The van der Waals surface area contributed by atoms with Crippen LogP contribution >= 0.6 is 12.4 Å². The van der Waals surface area contributed by atoms with Crippen molar-refractivity contribution in [1.29, 1.82) is 0 Å². The van der Waals surface area contributed by atoms with Crippen molar-refractivity contribution in [2.45, 2.75) is 32.0 Å². The van der Waals surface area contributed by atoms with Crippen LogP contribution in [0.1, 0.15) is 35.7 Å². The minimum absolute atomic E-state index is 0. The van der Waals surface area contributed by atoms with Gasteiger partial charge in [-0.15, -0.1) is 12.4 Å². The summed E-state index contributed by atoms with van der Waals surface area (Å²) in [7, 11) is 0. The fourth-order valence-corrected chi connectivity index (χ4v) is 2.64. The normalized spacial score (nSPS) is 17.7. The molecule has 1 N–H and O–H groups in total. The zero-order valence-electron chi connectivity index (χ0n) is 12.6. The van der Waals surface area contributed by atoms with E-state index in [1.807, 2.05) is 6.92 Å². The number of benzene rings is 1. The number of amides is 1. The number of hydrogen-bond acceptors (Lipinski definition) is 2. The van der Waals surface area contributed by atoms with E-state index in [0.29, 0.717) is 31.6 Å². The van der Waals surface area contributed by atoms with Crippen molar-refractivity contribution in [2.24, 2.45) is 0 Å². The van der Waals surface area contributed by atoms with E-state index in [-0.39, 0.29) is 24.0 Å². The second-order valence-electron chi connectivity index (χ2n) is 5.34. The van der Waals surface area contributed by atoms with E-state index in [9.17, 15) is 22.4 Å². The lowest BCUT2D eigenvalue weighted by Crippen LogP contribution is -2.42. The largest absolute Gasteiger partial charge is 0.419 e. The van der Waals surface area contributed by atoms with Gasteiger partial charge in [0.2, 0.25) is 0 Å². The molecule has 0 aliphatic carbocycles. The molecule has 0 spiro atoms. The van der Waals surface area contributed by atoms with E-state index < -0.39 is 23.5 Å². The number of nitrogens with zero attached hydrogens (tertiary/aromatic N) is 1. The van der Waals surface area contributed by atoms with Crippen molar-refractivity contribution in [3.8, 4) is 0 Å². The lowest BCUT2D eigenvalue weighted by Gasteiger charge is -2.28. The molecule has 1 fully saturated rings. The van der Waals surface area contributed by atoms with Gasteiger partial charge in [0.05, 0.1) is 5.56 Å². The number of nitrogens with one attached hydrogen (secondary N) is 1. The molecule has 0 aromatic heterocycles. The molecular formula is C15H19ClF4N2O. The number of carbonyl (C=O) groups excluding carboxylic acids is 1. The first-order chi connectivity index (χ1) is 10.3. The van der Waals surface area contributed by atoms with E-state index >= 15 is 0 Å². The van der Waals surface area contributed by atoms with E-state index in [0.717, 1.165) is 19.0 Å². The highest BCUT2D eigenvalue weighted by molar-refractivity contribution is 5.94. The van der Waals surface area contributed by atoms with Crippen LogP contribution in [0.25, 0.3) is 0 Å². The highest BCUT2D eigenvalue weighted by atomic mass is 35.5. The standard InChI is InChI=1S/C15H18F4N2O.ClH/c1-2-7-21(11-5-6-20-9-11)14(22)10-3-4-13(16)12(8-10)15(17,18)19;/h3-4,8,11,20H,2,5-7,9H2,1H3;1H. The Morgan fingerprint density at radius 1 is 1.39 bits per heavy atom. The van der Waals surface area contributed by atoms with Crippen molar-refractivity contribution < 1.29 is 22.4 Å². The zero-order chi connectivity index (χ0) is 16.3. The molecule has 1 unspecified atom stereocenters. The molecule has 1 amide bonds. The number of carbonyl (C=O) groups is 1. The summed E-state index contributed by atoms with van der Waals surface area (Å²) in [6.45, 7) is 3.76. The first-order valence-electron chi connectivity index (χ1n) is 7.23. The van der Waals surface area contributed by atoms with Crippen LogP contribution in [0.3, 0.4) is 0 Å². The molecule has 130 valence electrons. The molecule has 2 rings (SSSR count). The van der Waals surface area contributed by atoms with E-state index in [1.54, 1.807) is 4.90 Å². The summed E-state index contributed by atoms with van der Waals surface area (Å²) in [5, 5.41) is 3.13. The lowest BCUT2D eigenvalue weighted by atomic mass is 10.1. The van der Waals surface area contributed by atoms with Gasteiger partial charge in [0.1, 0.15) is 5.82 Å². The number of rotatable bonds is 4.